The third-order valence-corrected chi connectivity index (χ3v) is 2.71. The van der Waals surface area contributed by atoms with E-state index in [9.17, 15) is 13.2 Å². The second-order valence-electron chi connectivity index (χ2n) is 3.88. The summed E-state index contributed by atoms with van der Waals surface area (Å²) in [6, 6.07) is 12.0. The quantitative estimate of drug-likeness (QED) is 0.799. The minimum absolute atomic E-state index is 0.0787. The lowest BCUT2D eigenvalue weighted by atomic mass is 10.0. The van der Waals surface area contributed by atoms with Gasteiger partial charge in [-0.2, -0.15) is 5.26 Å². The molecular weight excluding hydrogens is 291 g/mol. The number of benzene rings is 2. The Labute approximate surface area is 118 Å². The van der Waals surface area contributed by atoms with Crippen LogP contribution in [0, 0.1) is 11.3 Å². The van der Waals surface area contributed by atoms with Gasteiger partial charge in [0.05, 0.1) is 11.6 Å². The maximum Gasteiger partial charge on any atom is 0.573 e. The van der Waals surface area contributed by atoms with E-state index in [0.29, 0.717) is 10.6 Å². The van der Waals surface area contributed by atoms with Crippen LogP contribution in [0.15, 0.2) is 42.5 Å². The highest BCUT2D eigenvalue weighted by molar-refractivity contribution is 6.30. The van der Waals surface area contributed by atoms with Crippen molar-refractivity contribution in [1.29, 1.82) is 5.26 Å². The summed E-state index contributed by atoms with van der Waals surface area (Å²) < 4.78 is 41.2. The van der Waals surface area contributed by atoms with Gasteiger partial charge >= 0.3 is 6.36 Å². The maximum absolute atomic E-state index is 12.4. The van der Waals surface area contributed by atoms with Gasteiger partial charge in [-0.25, -0.2) is 0 Å². The van der Waals surface area contributed by atoms with Crippen molar-refractivity contribution < 1.29 is 17.9 Å². The number of ether oxygens (including phenoxy) is 1. The molecule has 0 aliphatic carbocycles. The van der Waals surface area contributed by atoms with Crippen LogP contribution in [0.2, 0.25) is 5.02 Å². The van der Waals surface area contributed by atoms with Gasteiger partial charge in [0.1, 0.15) is 5.75 Å². The van der Waals surface area contributed by atoms with E-state index >= 15 is 0 Å². The van der Waals surface area contributed by atoms with Gasteiger partial charge in [0, 0.05) is 10.6 Å². The summed E-state index contributed by atoms with van der Waals surface area (Å²) in [4.78, 5) is 0. The minimum atomic E-state index is -4.83. The average molecular weight is 298 g/mol. The molecule has 2 nitrogen and oxygen atoms in total. The van der Waals surface area contributed by atoms with Gasteiger partial charge in [0.25, 0.3) is 0 Å². The van der Waals surface area contributed by atoms with Crippen LogP contribution in [0.4, 0.5) is 13.2 Å². The summed E-state index contributed by atoms with van der Waals surface area (Å²) in [5.74, 6) is -0.432. The van der Waals surface area contributed by atoms with Crippen molar-refractivity contribution in [2.24, 2.45) is 0 Å². The second kappa shape index (κ2) is 5.43. The molecule has 0 amide bonds. The van der Waals surface area contributed by atoms with E-state index in [1.54, 1.807) is 24.3 Å². The zero-order chi connectivity index (χ0) is 14.8. The Hall–Kier alpha value is -2.19. The molecule has 0 spiro atoms. The van der Waals surface area contributed by atoms with Gasteiger partial charge in [-0.05, 0) is 35.9 Å². The fourth-order valence-electron chi connectivity index (χ4n) is 1.70. The van der Waals surface area contributed by atoms with Crippen LogP contribution in [0.3, 0.4) is 0 Å². The fourth-order valence-corrected chi connectivity index (χ4v) is 1.89. The van der Waals surface area contributed by atoms with E-state index in [1.165, 1.54) is 18.2 Å². The molecule has 0 radical (unpaired) electrons. The van der Waals surface area contributed by atoms with Crippen LogP contribution in [-0.4, -0.2) is 6.36 Å². The van der Waals surface area contributed by atoms with Gasteiger partial charge in [-0.15, -0.1) is 13.2 Å². The first-order valence-electron chi connectivity index (χ1n) is 5.45. The third-order valence-electron chi connectivity index (χ3n) is 2.47. The average Bonchev–Trinajstić information content (AvgIpc) is 2.36. The lowest BCUT2D eigenvalue weighted by molar-refractivity contribution is -0.274. The van der Waals surface area contributed by atoms with Crippen molar-refractivity contribution in [2.45, 2.75) is 6.36 Å². The molecule has 2 rings (SSSR count). The molecule has 102 valence electrons. The predicted molar refractivity (Wildman–Crippen MR) is 68.3 cm³/mol. The molecule has 0 saturated carbocycles. The molecule has 0 N–H and O–H groups in total. The van der Waals surface area contributed by atoms with E-state index < -0.39 is 12.1 Å². The molecule has 0 bridgehead atoms. The highest BCUT2D eigenvalue weighted by Gasteiger charge is 2.32. The number of halogens is 4. The Bertz CT molecular complexity index is 677. The van der Waals surface area contributed by atoms with Crippen molar-refractivity contribution in [3.63, 3.8) is 0 Å². The number of alkyl halides is 3. The SMILES string of the molecule is N#Cc1ccc(-c2cccc(Cl)c2)c(OC(F)(F)F)c1. The summed E-state index contributed by atoms with van der Waals surface area (Å²) in [6.07, 6.45) is -4.83. The van der Waals surface area contributed by atoms with Gasteiger partial charge < -0.3 is 4.74 Å². The molecular formula is C14H7ClF3NO. The van der Waals surface area contributed by atoms with E-state index in [0.717, 1.165) is 6.07 Å². The summed E-state index contributed by atoms with van der Waals surface area (Å²) in [6.45, 7) is 0. The summed E-state index contributed by atoms with van der Waals surface area (Å²) in [5.41, 5.74) is 0.764. The van der Waals surface area contributed by atoms with E-state index in [4.69, 9.17) is 16.9 Å². The molecule has 2 aromatic carbocycles. The molecule has 0 unspecified atom stereocenters. The monoisotopic (exact) mass is 297 g/mol. The smallest absolute Gasteiger partial charge is 0.405 e. The first-order valence-corrected chi connectivity index (χ1v) is 5.83. The highest BCUT2D eigenvalue weighted by atomic mass is 35.5. The summed E-state index contributed by atoms with van der Waals surface area (Å²) >= 11 is 5.82. The van der Waals surface area contributed by atoms with E-state index in [2.05, 4.69) is 4.74 Å². The molecule has 6 heteroatoms. The predicted octanol–water partition coefficient (Wildman–Crippen LogP) is 4.78. The summed E-state index contributed by atoms with van der Waals surface area (Å²) in [7, 11) is 0. The topological polar surface area (TPSA) is 33.0 Å². The van der Waals surface area contributed by atoms with Crippen molar-refractivity contribution in [3.05, 3.63) is 53.1 Å². The Morgan fingerprint density at radius 1 is 1.10 bits per heavy atom. The molecule has 20 heavy (non-hydrogen) atoms. The minimum Gasteiger partial charge on any atom is -0.405 e. The maximum atomic E-state index is 12.4. The number of hydrogen-bond acceptors (Lipinski definition) is 2. The molecule has 2 aromatic rings. The number of rotatable bonds is 2. The molecule has 0 atom stereocenters. The van der Waals surface area contributed by atoms with Crippen LogP contribution in [-0.2, 0) is 0 Å². The van der Waals surface area contributed by atoms with Gasteiger partial charge in [0.2, 0.25) is 0 Å². The van der Waals surface area contributed by atoms with Crippen LogP contribution >= 0.6 is 11.6 Å². The molecule has 0 heterocycles. The van der Waals surface area contributed by atoms with Gasteiger partial charge in [-0.3, -0.25) is 0 Å². The van der Waals surface area contributed by atoms with Crippen LogP contribution in [0.25, 0.3) is 11.1 Å². The molecule has 0 fully saturated rings. The van der Waals surface area contributed by atoms with Crippen LogP contribution < -0.4 is 4.74 Å². The first-order chi connectivity index (χ1) is 9.39. The normalized spacial score (nSPS) is 10.9. The van der Waals surface area contributed by atoms with Crippen LogP contribution in [0.5, 0.6) is 5.75 Å². The highest BCUT2D eigenvalue weighted by Crippen LogP contribution is 2.35. The molecule has 0 aliphatic rings. The number of nitrogens with zero attached hydrogens (tertiary/aromatic N) is 1. The molecule has 0 aliphatic heterocycles. The Morgan fingerprint density at radius 2 is 1.85 bits per heavy atom. The van der Waals surface area contributed by atoms with Gasteiger partial charge in [-0.1, -0.05) is 23.7 Å². The Kier molecular flexibility index (Phi) is 3.86. The van der Waals surface area contributed by atoms with Crippen molar-refractivity contribution in [1.82, 2.24) is 0 Å². The lowest BCUT2D eigenvalue weighted by Gasteiger charge is -2.14. The van der Waals surface area contributed by atoms with Crippen LogP contribution in [0.1, 0.15) is 5.56 Å². The largest absolute Gasteiger partial charge is 0.573 e. The number of nitriles is 1. The van der Waals surface area contributed by atoms with Gasteiger partial charge in [0.15, 0.2) is 0 Å². The number of hydrogen-bond donors (Lipinski definition) is 0. The Balaban J connectivity index is 2.55. The fraction of sp³-hybridized carbons (Fsp3) is 0.0714. The Morgan fingerprint density at radius 3 is 2.45 bits per heavy atom. The van der Waals surface area contributed by atoms with Crippen molar-refractivity contribution in [3.8, 4) is 22.9 Å². The summed E-state index contributed by atoms with van der Waals surface area (Å²) in [5, 5.41) is 9.15. The lowest BCUT2D eigenvalue weighted by Crippen LogP contribution is -2.17. The first kappa shape index (κ1) is 14.2. The van der Waals surface area contributed by atoms with E-state index in [1.807, 2.05) is 0 Å². The molecule has 0 saturated heterocycles. The zero-order valence-corrected chi connectivity index (χ0v) is 10.7. The zero-order valence-electron chi connectivity index (χ0n) is 9.91. The van der Waals surface area contributed by atoms with E-state index in [-0.39, 0.29) is 11.1 Å². The van der Waals surface area contributed by atoms with Crippen molar-refractivity contribution in [2.75, 3.05) is 0 Å². The second-order valence-corrected chi connectivity index (χ2v) is 4.32. The van der Waals surface area contributed by atoms with Crippen molar-refractivity contribution >= 4 is 11.6 Å². The molecule has 0 aromatic heterocycles. The third kappa shape index (κ3) is 3.43. The standard InChI is InChI=1S/C14H7ClF3NO/c15-11-3-1-2-10(7-11)12-5-4-9(8-19)6-13(12)20-14(16,17)18/h1-7H.